The molecule has 5 nitrogen and oxygen atoms in total. The van der Waals surface area contributed by atoms with Gasteiger partial charge in [-0.05, 0) is 12.8 Å². The predicted molar refractivity (Wildman–Crippen MR) is 49.5 cm³/mol. The summed E-state index contributed by atoms with van der Waals surface area (Å²) in [5, 5.41) is 17.8. The molecule has 6 heteroatoms. The highest BCUT2D eigenvalue weighted by atomic mass is 79.9. The number of aliphatic carboxylic acids is 1. The molecule has 0 amide bonds. The Balaban J connectivity index is 3.31. The van der Waals surface area contributed by atoms with E-state index in [0.29, 0.717) is 19.4 Å². The third kappa shape index (κ3) is 5.96. The minimum absolute atomic E-state index is 0.0866. The van der Waals surface area contributed by atoms with Gasteiger partial charge in [0, 0.05) is 6.54 Å². The van der Waals surface area contributed by atoms with Gasteiger partial charge in [0.05, 0.1) is 0 Å². The molecule has 0 saturated carbocycles. The van der Waals surface area contributed by atoms with Crippen LogP contribution in [0.4, 0.5) is 0 Å². The molecule has 0 spiro atoms. The number of nitrogens with two attached hydrogens (primary N) is 1. The highest BCUT2D eigenvalue weighted by Gasteiger charge is 2.11. The van der Waals surface area contributed by atoms with Gasteiger partial charge in [-0.25, -0.2) is 0 Å². The molecule has 0 aliphatic carbocycles. The zero-order valence-electron chi connectivity index (χ0n) is 6.51. The lowest BCUT2D eigenvalue weighted by Gasteiger charge is -2.05. The molecule has 1 unspecified atom stereocenters. The predicted octanol–water partition coefficient (Wildman–Crippen LogP) is 0.0978. The first kappa shape index (κ1) is 11.2. The topological polar surface area (TPSA) is 99.2 Å². The van der Waals surface area contributed by atoms with E-state index in [4.69, 9.17) is 16.2 Å². The molecule has 0 aromatic heterocycles. The van der Waals surface area contributed by atoms with E-state index in [0.717, 1.165) is 0 Å². The molecular formula is C6H12BrN3O2. The van der Waals surface area contributed by atoms with Crippen LogP contribution in [-0.4, -0.2) is 28.4 Å². The Kier molecular flexibility index (Phi) is 5.44. The van der Waals surface area contributed by atoms with Gasteiger partial charge in [-0.3, -0.25) is 10.2 Å². The molecular weight excluding hydrogens is 226 g/mol. The molecule has 70 valence electrons. The lowest BCUT2D eigenvalue weighted by atomic mass is 10.2. The van der Waals surface area contributed by atoms with Crippen molar-refractivity contribution in [3.05, 3.63) is 0 Å². The number of rotatable bonds is 5. The van der Waals surface area contributed by atoms with Crippen LogP contribution >= 0.6 is 15.9 Å². The van der Waals surface area contributed by atoms with Crippen molar-refractivity contribution in [2.45, 2.75) is 17.7 Å². The maximum atomic E-state index is 10.3. The number of carboxylic acid groups (broad SMARTS) is 1. The van der Waals surface area contributed by atoms with E-state index >= 15 is 0 Å². The molecule has 0 aliphatic heterocycles. The highest BCUT2D eigenvalue weighted by molar-refractivity contribution is 9.10. The largest absolute Gasteiger partial charge is 0.480 e. The van der Waals surface area contributed by atoms with Crippen LogP contribution in [0.25, 0.3) is 0 Å². The third-order valence-electron chi connectivity index (χ3n) is 1.22. The van der Waals surface area contributed by atoms with Crippen molar-refractivity contribution >= 4 is 27.9 Å². The van der Waals surface area contributed by atoms with E-state index in [1.807, 2.05) is 0 Å². The van der Waals surface area contributed by atoms with Crippen molar-refractivity contribution in [3.8, 4) is 0 Å². The summed E-state index contributed by atoms with van der Waals surface area (Å²) in [6, 6.07) is 0. The Morgan fingerprint density at radius 1 is 1.75 bits per heavy atom. The van der Waals surface area contributed by atoms with Crippen molar-refractivity contribution in [1.82, 2.24) is 5.32 Å². The van der Waals surface area contributed by atoms with Gasteiger partial charge in [0.25, 0.3) is 0 Å². The van der Waals surface area contributed by atoms with Crippen LogP contribution in [0.5, 0.6) is 0 Å². The first-order valence-corrected chi connectivity index (χ1v) is 4.40. The van der Waals surface area contributed by atoms with E-state index in [-0.39, 0.29) is 5.96 Å². The monoisotopic (exact) mass is 237 g/mol. The van der Waals surface area contributed by atoms with Gasteiger partial charge in [-0.2, -0.15) is 0 Å². The molecule has 5 N–H and O–H groups in total. The van der Waals surface area contributed by atoms with Crippen LogP contribution in [0.3, 0.4) is 0 Å². The summed E-state index contributed by atoms with van der Waals surface area (Å²) in [6.45, 7) is 0.532. The van der Waals surface area contributed by atoms with Crippen molar-refractivity contribution in [2.75, 3.05) is 6.54 Å². The number of guanidine groups is 1. The third-order valence-corrected chi connectivity index (χ3v) is 2.07. The van der Waals surface area contributed by atoms with Crippen LogP contribution in [0.15, 0.2) is 0 Å². The van der Waals surface area contributed by atoms with Crippen molar-refractivity contribution in [2.24, 2.45) is 5.73 Å². The lowest BCUT2D eigenvalue weighted by molar-refractivity contribution is -0.136. The fourth-order valence-electron chi connectivity index (χ4n) is 0.628. The minimum Gasteiger partial charge on any atom is -0.480 e. The van der Waals surface area contributed by atoms with Crippen molar-refractivity contribution in [3.63, 3.8) is 0 Å². The summed E-state index contributed by atoms with van der Waals surface area (Å²) >= 11 is 3.00. The molecule has 0 aromatic carbocycles. The van der Waals surface area contributed by atoms with Crippen LogP contribution in [0, 0.1) is 5.41 Å². The minimum atomic E-state index is -0.863. The number of hydrogen-bond donors (Lipinski definition) is 4. The number of alkyl halides is 1. The maximum absolute atomic E-state index is 10.3. The van der Waals surface area contributed by atoms with Crippen molar-refractivity contribution in [1.29, 1.82) is 5.41 Å². The van der Waals surface area contributed by atoms with Crippen LogP contribution in [-0.2, 0) is 4.79 Å². The van der Waals surface area contributed by atoms with Crippen LogP contribution in [0.1, 0.15) is 12.8 Å². The molecule has 0 heterocycles. The summed E-state index contributed by atoms with van der Waals surface area (Å²) in [5.41, 5.74) is 5.01. The van der Waals surface area contributed by atoms with Gasteiger partial charge in [0.15, 0.2) is 5.96 Å². The highest BCUT2D eigenvalue weighted by Crippen LogP contribution is 2.06. The summed E-state index contributed by atoms with van der Waals surface area (Å²) < 4.78 is 0. The summed E-state index contributed by atoms with van der Waals surface area (Å²) in [7, 11) is 0. The van der Waals surface area contributed by atoms with Crippen LogP contribution in [0.2, 0.25) is 0 Å². The molecule has 12 heavy (non-hydrogen) atoms. The second-order valence-electron chi connectivity index (χ2n) is 2.29. The fourth-order valence-corrected chi connectivity index (χ4v) is 0.952. The van der Waals surface area contributed by atoms with E-state index in [2.05, 4.69) is 21.2 Å². The molecule has 0 aromatic rings. The van der Waals surface area contributed by atoms with Gasteiger partial charge in [-0.15, -0.1) is 0 Å². The number of halogens is 1. The van der Waals surface area contributed by atoms with Gasteiger partial charge in [0.2, 0.25) is 0 Å². The second-order valence-corrected chi connectivity index (χ2v) is 3.39. The fraction of sp³-hybridized carbons (Fsp3) is 0.667. The van der Waals surface area contributed by atoms with Gasteiger partial charge < -0.3 is 16.2 Å². The van der Waals surface area contributed by atoms with Crippen molar-refractivity contribution < 1.29 is 9.90 Å². The molecule has 0 rings (SSSR count). The molecule has 0 saturated heterocycles. The molecule has 0 aliphatic rings. The molecule has 0 radical (unpaired) electrons. The lowest BCUT2D eigenvalue weighted by Crippen LogP contribution is -2.31. The van der Waals surface area contributed by atoms with Gasteiger partial charge >= 0.3 is 5.97 Å². The Morgan fingerprint density at radius 3 is 2.75 bits per heavy atom. The van der Waals surface area contributed by atoms with E-state index in [1.165, 1.54) is 0 Å². The maximum Gasteiger partial charge on any atom is 0.317 e. The van der Waals surface area contributed by atoms with Gasteiger partial charge in [-0.1, -0.05) is 15.9 Å². The molecule has 1 atom stereocenters. The number of hydrogen-bond acceptors (Lipinski definition) is 2. The number of carbonyl (C=O) groups is 1. The zero-order chi connectivity index (χ0) is 9.56. The van der Waals surface area contributed by atoms with E-state index in [9.17, 15) is 4.79 Å². The Morgan fingerprint density at radius 2 is 2.33 bits per heavy atom. The summed E-state index contributed by atoms with van der Waals surface area (Å²) in [5.74, 6) is -0.950. The average molecular weight is 238 g/mol. The zero-order valence-corrected chi connectivity index (χ0v) is 8.10. The normalized spacial score (nSPS) is 12.1. The smallest absolute Gasteiger partial charge is 0.317 e. The first-order chi connectivity index (χ1) is 5.54. The summed E-state index contributed by atoms with van der Waals surface area (Å²) in [6.07, 6.45) is 1.19. The first-order valence-electron chi connectivity index (χ1n) is 3.49. The Hall–Kier alpha value is -0.780. The molecule has 0 bridgehead atoms. The van der Waals surface area contributed by atoms with E-state index in [1.54, 1.807) is 0 Å². The van der Waals surface area contributed by atoms with E-state index < -0.39 is 10.8 Å². The Labute approximate surface area is 79.0 Å². The average Bonchev–Trinajstić information content (AvgIpc) is 1.97. The SMILES string of the molecule is N=C(N)NCCCC(Br)C(=O)O. The number of carboxylic acids is 1. The van der Waals surface area contributed by atoms with Crippen LogP contribution < -0.4 is 11.1 Å². The Bertz CT molecular complexity index is 174. The number of nitrogens with one attached hydrogen (secondary N) is 2. The summed E-state index contributed by atoms with van der Waals surface area (Å²) in [4.78, 5) is 9.79. The van der Waals surface area contributed by atoms with Gasteiger partial charge in [0.1, 0.15) is 4.83 Å². The second kappa shape index (κ2) is 5.82. The standard InChI is InChI=1S/C6H12BrN3O2/c7-4(5(11)12)2-1-3-10-6(8)9/h4H,1-3H2,(H,11,12)(H4,8,9,10). The molecule has 0 fully saturated rings. The quantitative estimate of drug-likeness (QED) is 0.236.